The molecule has 4 aromatic rings. The normalized spacial score (nSPS) is 12.9. The highest BCUT2D eigenvalue weighted by molar-refractivity contribution is 7.94. The number of azo groups is 2. The molecule has 0 aliphatic heterocycles. The predicted octanol–water partition coefficient (Wildman–Crippen LogP) is 5.84. The van der Waals surface area contributed by atoms with Crippen molar-refractivity contribution >= 4 is 81.6 Å². The van der Waals surface area contributed by atoms with Crippen LogP contribution in [0.2, 0.25) is 0 Å². The maximum atomic E-state index is 12.4. The number of phenolic OH excluding ortho intramolecular Hbond substituents is 1. The van der Waals surface area contributed by atoms with E-state index in [0.717, 1.165) is 29.3 Å². The fourth-order valence-corrected chi connectivity index (χ4v) is 6.89. The van der Waals surface area contributed by atoms with Gasteiger partial charge >= 0.3 is 10.4 Å². The van der Waals surface area contributed by atoms with Crippen LogP contribution in [0.15, 0.2) is 89.7 Å². The van der Waals surface area contributed by atoms with Crippen molar-refractivity contribution < 1.29 is 58.3 Å². The molecule has 0 atom stereocenters. The average molecular weight is 744 g/mol. The minimum absolute atomic E-state index is 0.0102. The molecule has 256 valence electrons. The lowest BCUT2D eigenvalue weighted by Crippen LogP contribution is -2.15. The van der Waals surface area contributed by atoms with Gasteiger partial charge in [0.15, 0.2) is 15.6 Å². The topological polar surface area (TPSA) is 286 Å². The highest BCUT2D eigenvalue weighted by Crippen LogP contribution is 2.49. The number of rotatable bonds is 13. The zero-order valence-electron chi connectivity index (χ0n) is 24.6. The first-order chi connectivity index (χ1) is 22.4. The van der Waals surface area contributed by atoms with Gasteiger partial charge in [-0.1, -0.05) is 22.7 Å². The summed E-state index contributed by atoms with van der Waals surface area (Å²) in [5.41, 5.74) is 7.19. The number of nitrogen functional groups attached to an aromatic ring is 1. The van der Waals surface area contributed by atoms with Crippen molar-refractivity contribution in [3.05, 3.63) is 65.7 Å². The van der Waals surface area contributed by atoms with E-state index in [9.17, 15) is 34.9 Å². The maximum absolute atomic E-state index is 12.4. The van der Waals surface area contributed by atoms with E-state index in [2.05, 4.69) is 34.0 Å². The lowest BCUT2D eigenvalue weighted by molar-refractivity contribution is -0.432. The largest absolute Gasteiger partial charge is 0.505 e. The van der Waals surface area contributed by atoms with Crippen LogP contribution in [0, 0.1) is 13.8 Å². The number of anilines is 1. The number of hydrogen-bond donors (Lipinski definition) is 5. The molecule has 0 spiro atoms. The third-order valence-electron chi connectivity index (χ3n) is 6.40. The molecule has 22 heteroatoms. The van der Waals surface area contributed by atoms with Gasteiger partial charge in [-0.15, -0.1) is 14.6 Å². The summed E-state index contributed by atoms with van der Waals surface area (Å²) in [7, 11) is -13.9. The van der Waals surface area contributed by atoms with Crippen LogP contribution in [0.25, 0.3) is 10.8 Å². The van der Waals surface area contributed by atoms with Crippen molar-refractivity contribution in [2.24, 2.45) is 20.5 Å². The first-order valence-corrected chi connectivity index (χ1v) is 18.2. The standard InChI is InChI=1S/C26H25N5O13S4/c1-14-3-8-19(15(2)11-14)29-30-24-20(45-44-43-33)12-16-13-21(47(36,37)38)25(23(27)22(16)26(24)32)31-28-17-4-6-18(7-5-17)46(34,35)10-9-42-48(39,40)41/h3-8,11-13,32-33H,9-10,27H2,1-2H3,(H,36,37,38)(H,39,40,41). The molecule has 0 unspecified atom stereocenters. The van der Waals surface area contributed by atoms with Gasteiger partial charge in [0.05, 0.1) is 56.6 Å². The quantitative estimate of drug-likeness (QED) is 0.0268. The Balaban J connectivity index is 1.80. The van der Waals surface area contributed by atoms with Crippen LogP contribution in [0.1, 0.15) is 11.1 Å². The summed E-state index contributed by atoms with van der Waals surface area (Å²) in [6, 6.07) is 12.1. The number of sulfone groups is 1. The number of fused-ring (bicyclic) bond motifs is 1. The van der Waals surface area contributed by atoms with E-state index in [4.69, 9.17) is 15.5 Å². The van der Waals surface area contributed by atoms with Crippen molar-refractivity contribution in [3.8, 4) is 5.75 Å². The molecule has 48 heavy (non-hydrogen) atoms. The number of nitrogens with zero attached hydrogens (tertiary/aromatic N) is 4. The summed E-state index contributed by atoms with van der Waals surface area (Å²) in [6.45, 7) is 2.84. The first kappa shape index (κ1) is 36.7. The molecule has 0 aromatic heterocycles. The van der Waals surface area contributed by atoms with Gasteiger partial charge in [-0.05, 0) is 67.3 Å². The van der Waals surface area contributed by atoms with Gasteiger partial charge in [-0.3, -0.25) is 9.11 Å². The molecule has 0 aliphatic rings. The molecule has 0 amide bonds. The number of benzene rings is 4. The minimum Gasteiger partial charge on any atom is -0.505 e. The molecular formula is C26H25N5O13S4. The summed E-state index contributed by atoms with van der Waals surface area (Å²) in [6.07, 6.45) is 0. The van der Waals surface area contributed by atoms with Crippen LogP contribution < -0.4 is 5.73 Å². The summed E-state index contributed by atoms with van der Waals surface area (Å²) < 4.78 is 98.1. The maximum Gasteiger partial charge on any atom is 0.397 e. The molecule has 18 nitrogen and oxygen atoms in total. The van der Waals surface area contributed by atoms with Crippen molar-refractivity contribution in [2.75, 3.05) is 18.1 Å². The molecule has 0 heterocycles. The van der Waals surface area contributed by atoms with E-state index in [-0.39, 0.29) is 31.9 Å². The van der Waals surface area contributed by atoms with Crippen LogP contribution in [0.4, 0.5) is 28.4 Å². The van der Waals surface area contributed by atoms with Crippen LogP contribution in [-0.4, -0.2) is 57.1 Å². The summed E-state index contributed by atoms with van der Waals surface area (Å²) in [5, 5.41) is 39.5. The molecule has 0 radical (unpaired) electrons. The van der Waals surface area contributed by atoms with Crippen molar-refractivity contribution in [2.45, 2.75) is 28.5 Å². The first-order valence-electron chi connectivity index (χ1n) is 13.0. The lowest BCUT2D eigenvalue weighted by Gasteiger charge is -2.14. The van der Waals surface area contributed by atoms with Gasteiger partial charge in [0.2, 0.25) is 0 Å². The van der Waals surface area contributed by atoms with Gasteiger partial charge < -0.3 is 10.8 Å². The summed E-state index contributed by atoms with van der Waals surface area (Å²) in [5.74, 6) is -1.40. The van der Waals surface area contributed by atoms with E-state index < -0.39 is 64.7 Å². The van der Waals surface area contributed by atoms with E-state index in [1.807, 2.05) is 13.0 Å². The average Bonchev–Trinajstić information content (AvgIpc) is 2.98. The smallest absolute Gasteiger partial charge is 0.397 e. The zero-order chi connectivity index (χ0) is 35.4. The SMILES string of the molecule is Cc1ccc(N=Nc2c(SOOO)cc3cc(S(=O)(=O)O)c(N=Nc4ccc(S(=O)(=O)CCOS(=O)(=O)O)cc4)c(N)c3c2O)c(C)c1. The molecule has 4 aromatic carbocycles. The zero-order valence-corrected chi connectivity index (χ0v) is 27.8. The fourth-order valence-electron chi connectivity index (χ4n) is 4.24. The Morgan fingerprint density at radius 1 is 0.854 bits per heavy atom. The molecular weight excluding hydrogens is 719 g/mol. The van der Waals surface area contributed by atoms with Crippen molar-refractivity contribution in [3.63, 3.8) is 0 Å². The van der Waals surface area contributed by atoms with Gasteiger partial charge in [-0.25, -0.2) is 17.9 Å². The number of nitrogens with two attached hydrogens (primary N) is 1. The van der Waals surface area contributed by atoms with Crippen LogP contribution in [-0.2, 0) is 43.9 Å². The number of hydrogen-bond acceptors (Lipinski definition) is 17. The van der Waals surface area contributed by atoms with E-state index >= 15 is 0 Å². The Bertz CT molecular complexity index is 2260. The Kier molecular flexibility index (Phi) is 11.1. The number of aromatic hydroxyl groups is 1. The monoisotopic (exact) mass is 743 g/mol. The molecule has 0 saturated heterocycles. The number of phenols is 1. The molecule has 0 bridgehead atoms. The van der Waals surface area contributed by atoms with Gasteiger partial charge in [0.25, 0.3) is 10.1 Å². The van der Waals surface area contributed by atoms with Gasteiger partial charge in [0.1, 0.15) is 16.3 Å². The second-order valence-electron chi connectivity index (χ2n) is 9.76. The molecule has 0 aliphatic carbocycles. The molecule has 0 fully saturated rings. The van der Waals surface area contributed by atoms with E-state index in [1.165, 1.54) is 18.2 Å². The highest BCUT2D eigenvalue weighted by atomic mass is 32.3. The number of aryl methyl sites for hydroxylation is 2. The summed E-state index contributed by atoms with van der Waals surface area (Å²) in [4.78, 5) is -1.09. The predicted molar refractivity (Wildman–Crippen MR) is 171 cm³/mol. The minimum atomic E-state index is -5.02. The Morgan fingerprint density at radius 3 is 2.12 bits per heavy atom. The third kappa shape index (κ3) is 8.87. The summed E-state index contributed by atoms with van der Waals surface area (Å²) >= 11 is 0.388. The second kappa shape index (κ2) is 14.6. The third-order valence-corrected chi connectivity index (χ3v) is 10.0. The van der Waals surface area contributed by atoms with E-state index in [0.29, 0.717) is 17.7 Å². The van der Waals surface area contributed by atoms with Crippen LogP contribution >= 0.6 is 12.0 Å². The van der Waals surface area contributed by atoms with Crippen molar-refractivity contribution in [1.29, 1.82) is 0 Å². The molecule has 0 saturated carbocycles. The van der Waals surface area contributed by atoms with Crippen LogP contribution in [0.3, 0.4) is 0 Å². The molecule has 6 N–H and O–H groups in total. The Hall–Kier alpha value is -4.10. The lowest BCUT2D eigenvalue weighted by atomic mass is 10.1. The van der Waals surface area contributed by atoms with Crippen LogP contribution in [0.5, 0.6) is 5.75 Å². The van der Waals surface area contributed by atoms with Gasteiger partial charge in [0, 0.05) is 0 Å². The van der Waals surface area contributed by atoms with Crippen molar-refractivity contribution in [1.82, 2.24) is 0 Å². The highest BCUT2D eigenvalue weighted by Gasteiger charge is 2.25. The Labute approximate surface area is 277 Å². The Morgan fingerprint density at radius 2 is 1.52 bits per heavy atom. The fraction of sp³-hybridized carbons (Fsp3) is 0.154. The van der Waals surface area contributed by atoms with Gasteiger partial charge in [-0.2, -0.15) is 27.1 Å². The second-order valence-corrected chi connectivity index (χ2v) is 15.1. The molecule has 4 rings (SSSR count). The van der Waals surface area contributed by atoms with E-state index in [1.54, 1.807) is 19.1 Å².